The van der Waals surface area contributed by atoms with Gasteiger partial charge in [-0.1, -0.05) is 27.7 Å². The van der Waals surface area contributed by atoms with E-state index in [0.717, 1.165) is 6.42 Å². The Bertz CT molecular complexity index is 464. The van der Waals surface area contributed by atoms with Gasteiger partial charge in [0.25, 0.3) is 0 Å². The molecule has 1 aromatic rings. The highest BCUT2D eigenvalue weighted by Crippen LogP contribution is 2.49. The maximum absolute atomic E-state index is 12.6. The van der Waals surface area contributed by atoms with E-state index in [1.165, 1.54) is 10.4 Å². The van der Waals surface area contributed by atoms with Crippen molar-refractivity contribution < 1.29 is 9.90 Å². The first-order chi connectivity index (χ1) is 8.86. The van der Waals surface area contributed by atoms with E-state index in [1.807, 2.05) is 13.8 Å². The predicted octanol–water partition coefficient (Wildman–Crippen LogP) is 2.55. The molecule has 0 radical (unpaired) electrons. The molecule has 19 heavy (non-hydrogen) atoms. The van der Waals surface area contributed by atoms with Gasteiger partial charge < -0.3 is 10.4 Å². The summed E-state index contributed by atoms with van der Waals surface area (Å²) in [5, 5.41) is 14.4. The molecule has 106 valence electrons. The van der Waals surface area contributed by atoms with Crippen molar-refractivity contribution in [1.29, 1.82) is 0 Å². The second-order valence-electron chi connectivity index (χ2n) is 6.45. The van der Waals surface area contributed by atoms with Gasteiger partial charge in [-0.3, -0.25) is 4.79 Å². The van der Waals surface area contributed by atoms with Crippen LogP contribution in [-0.4, -0.2) is 23.7 Å². The molecule has 3 nitrogen and oxygen atoms in total. The van der Waals surface area contributed by atoms with E-state index in [4.69, 9.17) is 0 Å². The predicted molar refractivity (Wildman–Crippen MR) is 78.4 cm³/mol. The fourth-order valence-corrected chi connectivity index (χ4v) is 4.09. The molecule has 1 aliphatic rings. The summed E-state index contributed by atoms with van der Waals surface area (Å²) in [4.78, 5) is 13.8. The van der Waals surface area contributed by atoms with Crippen molar-refractivity contribution in [2.45, 2.75) is 46.1 Å². The topological polar surface area (TPSA) is 49.3 Å². The van der Waals surface area contributed by atoms with E-state index in [2.05, 4.69) is 30.6 Å². The molecule has 2 rings (SSSR count). The van der Waals surface area contributed by atoms with Crippen LogP contribution in [-0.2, 0) is 11.2 Å². The maximum Gasteiger partial charge on any atom is 0.229 e. The number of carbonyl (C=O) groups is 1. The molecule has 0 saturated carbocycles. The van der Waals surface area contributed by atoms with Gasteiger partial charge in [0, 0.05) is 4.88 Å². The quantitative estimate of drug-likeness (QED) is 0.891. The summed E-state index contributed by atoms with van der Waals surface area (Å²) < 4.78 is 0. The Labute approximate surface area is 119 Å². The molecule has 1 aliphatic carbocycles. The number of aliphatic hydroxyl groups excluding tert-OH is 1. The third kappa shape index (κ3) is 2.70. The van der Waals surface area contributed by atoms with Crippen molar-refractivity contribution in [3.05, 3.63) is 21.9 Å². The molecule has 0 saturated heterocycles. The first-order valence-corrected chi connectivity index (χ1v) is 7.72. The minimum absolute atomic E-state index is 0.00610. The summed E-state index contributed by atoms with van der Waals surface area (Å²) >= 11 is 1.67. The fraction of sp³-hybridized carbons (Fsp3) is 0.667. The third-order valence-electron chi connectivity index (χ3n) is 4.06. The van der Waals surface area contributed by atoms with Gasteiger partial charge in [-0.15, -0.1) is 11.3 Å². The third-order valence-corrected chi connectivity index (χ3v) is 5.09. The first kappa shape index (κ1) is 14.5. The van der Waals surface area contributed by atoms with Gasteiger partial charge in [0.2, 0.25) is 5.91 Å². The summed E-state index contributed by atoms with van der Waals surface area (Å²) in [6.45, 7) is 8.31. The highest BCUT2D eigenvalue weighted by atomic mass is 32.1. The Kier molecular flexibility index (Phi) is 4.02. The minimum Gasteiger partial charge on any atom is -0.394 e. The molecule has 0 unspecified atom stereocenters. The monoisotopic (exact) mass is 281 g/mol. The van der Waals surface area contributed by atoms with Crippen molar-refractivity contribution in [2.24, 2.45) is 11.3 Å². The van der Waals surface area contributed by atoms with Crippen LogP contribution in [0.1, 0.15) is 44.1 Å². The number of aliphatic hydroxyl groups is 1. The van der Waals surface area contributed by atoms with Crippen molar-refractivity contribution in [1.82, 2.24) is 5.32 Å². The zero-order chi connectivity index (χ0) is 14.2. The van der Waals surface area contributed by atoms with E-state index >= 15 is 0 Å². The van der Waals surface area contributed by atoms with Gasteiger partial charge in [0.1, 0.15) is 0 Å². The molecular weight excluding hydrogens is 258 g/mol. The number of thiophene rings is 1. The zero-order valence-corrected chi connectivity index (χ0v) is 12.9. The molecule has 0 aliphatic heterocycles. The molecule has 2 N–H and O–H groups in total. The number of carbonyl (C=O) groups excluding carboxylic acids is 1. The Morgan fingerprint density at radius 3 is 2.84 bits per heavy atom. The van der Waals surface area contributed by atoms with Crippen molar-refractivity contribution >= 4 is 17.2 Å². The van der Waals surface area contributed by atoms with Crippen LogP contribution in [0.4, 0.5) is 0 Å². The van der Waals surface area contributed by atoms with Crippen molar-refractivity contribution in [2.75, 3.05) is 6.61 Å². The Morgan fingerprint density at radius 2 is 2.26 bits per heavy atom. The van der Waals surface area contributed by atoms with E-state index in [-0.39, 0.29) is 35.8 Å². The van der Waals surface area contributed by atoms with Gasteiger partial charge in [0.15, 0.2) is 0 Å². The second-order valence-corrected chi connectivity index (χ2v) is 7.40. The SMILES string of the molecule is CC(C)[C@@H](CO)NC(=O)[C@H]1c2sccc2CC1(C)C. The minimum atomic E-state index is -0.160. The molecule has 1 aromatic heterocycles. The molecule has 1 heterocycles. The number of nitrogens with one attached hydrogen (secondary N) is 1. The average molecular weight is 281 g/mol. The van der Waals surface area contributed by atoms with Crippen LogP contribution in [0.25, 0.3) is 0 Å². The van der Waals surface area contributed by atoms with Crippen LogP contribution in [0, 0.1) is 11.3 Å². The molecule has 0 spiro atoms. The van der Waals surface area contributed by atoms with Crippen LogP contribution in [0.15, 0.2) is 11.4 Å². The number of rotatable bonds is 4. The van der Waals surface area contributed by atoms with Crippen LogP contribution in [0.3, 0.4) is 0 Å². The number of amides is 1. The standard InChI is InChI=1S/C15H23NO2S/c1-9(2)11(8-17)16-14(18)12-13-10(5-6-19-13)7-15(12,3)4/h5-6,9,11-12,17H,7-8H2,1-4H3,(H,16,18)/t11-,12-/m1/s1. The van der Waals surface area contributed by atoms with Crippen LogP contribution >= 0.6 is 11.3 Å². The van der Waals surface area contributed by atoms with Gasteiger partial charge >= 0.3 is 0 Å². The summed E-state index contributed by atoms with van der Waals surface area (Å²) in [7, 11) is 0. The largest absolute Gasteiger partial charge is 0.394 e. The van der Waals surface area contributed by atoms with Gasteiger partial charge in [0.05, 0.1) is 18.6 Å². The van der Waals surface area contributed by atoms with E-state index in [1.54, 1.807) is 11.3 Å². The molecule has 1 amide bonds. The normalized spacial score (nSPS) is 22.3. The highest BCUT2D eigenvalue weighted by Gasteiger charge is 2.44. The Morgan fingerprint density at radius 1 is 1.58 bits per heavy atom. The molecule has 2 atom stereocenters. The summed E-state index contributed by atoms with van der Waals surface area (Å²) in [6, 6.07) is 1.97. The summed E-state index contributed by atoms with van der Waals surface area (Å²) in [5.41, 5.74) is 1.27. The molecule has 4 heteroatoms. The Balaban J connectivity index is 2.19. The lowest BCUT2D eigenvalue weighted by molar-refractivity contribution is -0.126. The lowest BCUT2D eigenvalue weighted by Gasteiger charge is -2.29. The lowest BCUT2D eigenvalue weighted by Crippen LogP contribution is -2.45. The molecular formula is C15H23NO2S. The molecule has 0 bridgehead atoms. The first-order valence-electron chi connectivity index (χ1n) is 6.84. The highest BCUT2D eigenvalue weighted by molar-refractivity contribution is 7.10. The van der Waals surface area contributed by atoms with Gasteiger partial charge in [-0.2, -0.15) is 0 Å². The van der Waals surface area contributed by atoms with E-state index in [0.29, 0.717) is 0 Å². The number of hydrogen-bond donors (Lipinski definition) is 2. The summed E-state index contributed by atoms with van der Waals surface area (Å²) in [5.74, 6) is 0.204. The zero-order valence-electron chi connectivity index (χ0n) is 12.1. The van der Waals surface area contributed by atoms with E-state index < -0.39 is 0 Å². The molecule has 0 fully saturated rings. The van der Waals surface area contributed by atoms with E-state index in [9.17, 15) is 9.90 Å². The molecule has 0 aromatic carbocycles. The number of hydrogen-bond acceptors (Lipinski definition) is 3. The van der Waals surface area contributed by atoms with Crippen molar-refractivity contribution in [3.63, 3.8) is 0 Å². The van der Waals surface area contributed by atoms with Crippen LogP contribution in [0.2, 0.25) is 0 Å². The van der Waals surface area contributed by atoms with Crippen LogP contribution < -0.4 is 5.32 Å². The summed E-state index contributed by atoms with van der Waals surface area (Å²) in [6.07, 6.45) is 0.954. The lowest BCUT2D eigenvalue weighted by atomic mass is 9.80. The fourth-order valence-electron chi connectivity index (χ4n) is 2.86. The Hall–Kier alpha value is -0.870. The smallest absolute Gasteiger partial charge is 0.229 e. The van der Waals surface area contributed by atoms with Crippen molar-refractivity contribution in [3.8, 4) is 0 Å². The second kappa shape index (κ2) is 5.25. The van der Waals surface area contributed by atoms with Gasteiger partial charge in [-0.25, -0.2) is 0 Å². The number of fused-ring (bicyclic) bond motifs is 1. The van der Waals surface area contributed by atoms with Gasteiger partial charge in [-0.05, 0) is 34.8 Å². The van der Waals surface area contributed by atoms with Crippen LogP contribution in [0.5, 0.6) is 0 Å². The average Bonchev–Trinajstić information content (AvgIpc) is 2.81. The maximum atomic E-state index is 12.6.